The fourth-order valence-electron chi connectivity index (χ4n) is 3.20. The Morgan fingerprint density at radius 3 is 2.08 bits per heavy atom. The van der Waals surface area contributed by atoms with E-state index in [4.69, 9.17) is 32.7 Å². The van der Waals surface area contributed by atoms with E-state index in [1.807, 2.05) is 54.6 Å². The first kappa shape index (κ1) is 19.1. The standard InChI is InChI=1S/C21H22Cl2O3/c1-4-25-19(24)20(2,3)26-16-12-10-15(11-13-16)18-17(21(18,22)23)14-8-6-5-7-9-14/h5-13,17-18H,4H2,1-3H3. The molecule has 1 aliphatic rings. The molecule has 0 spiro atoms. The van der Waals surface area contributed by atoms with Crippen molar-refractivity contribution in [1.29, 1.82) is 0 Å². The van der Waals surface area contributed by atoms with Gasteiger partial charge in [-0.05, 0) is 44.0 Å². The lowest BCUT2D eigenvalue weighted by Crippen LogP contribution is -2.39. The molecule has 1 fully saturated rings. The molecule has 0 aliphatic heterocycles. The fourth-order valence-corrected chi connectivity index (χ4v) is 4.08. The molecule has 2 unspecified atom stereocenters. The summed E-state index contributed by atoms with van der Waals surface area (Å²) in [5, 5.41) is 0. The Labute approximate surface area is 164 Å². The van der Waals surface area contributed by atoms with E-state index < -0.39 is 15.9 Å². The predicted octanol–water partition coefficient (Wildman–Crippen LogP) is 5.46. The number of benzene rings is 2. The highest BCUT2D eigenvalue weighted by molar-refractivity contribution is 6.52. The third kappa shape index (κ3) is 3.70. The molecule has 0 N–H and O–H groups in total. The summed E-state index contributed by atoms with van der Waals surface area (Å²) in [6.45, 7) is 5.47. The maximum atomic E-state index is 12.0. The second-order valence-corrected chi connectivity index (χ2v) is 8.39. The quantitative estimate of drug-likeness (QED) is 0.483. The van der Waals surface area contributed by atoms with Gasteiger partial charge in [0.25, 0.3) is 0 Å². The zero-order valence-corrected chi connectivity index (χ0v) is 16.6. The molecule has 2 atom stereocenters. The van der Waals surface area contributed by atoms with Crippen LogP contribution in [-0.2, 0) is 9.53 Å². The Morgan fingerprint density at radius 2 is 1.54 bits per heavy atom. The molecule has 26 heavy (non-hydrogen) atoms. The van der Waals surface area contributed by atoms with Crippen LogP contribution in [-0.4, -0.2) is 22.5 Å². The zero-order valence-electron chi connectivity index (χ0n) is 15.0. The van der Waals surface area contributed by atoms with Crippen LogP contribution in [0.5, 0.6) is 5.75 Å². The number of alkyl halides is 2. The number of carbonyl (C=O) groups is 1. The second-order valence-electron chi connectivity index (χ2n) is 6.94. The summed E-state index contributed by atoms with van der Waals surface area (Å²) >= 11 is 13.1. The van der Waals surface area contributed by atoms with Gasteiger partial charge in [0, 0.05) is 11.8 Å². The van der Waals surface area contributed by atoms with Crippen molar-refractivity contribution in [3.63, 3.8) is 0 Å². The topological polar surface area (TPSA) is 35.5 Å². The fraction of sp³-hybridized carbons (Fsp3) is 0.381. The Bertz CT molecular complexity index is 770. The van der Waals surface area contributed by atoms with Crippen LogP contribution in [0.2, 0.25) is 0 Å². The largest absolute Gasteiger partial charge is 0.476 e. The van der Waals surface area contributed by atoms with Gasteiger partial charge in [-0.3, -0.25) is 0 Å². The Morgan fingerprint density at radius 1 is 1.00 bits per heavy atom. The predicted molar refractivity (Wildman–Crippen MR) is 104 cm³/mol. The number of ether oxygens (including phenoxy) is 2. The molecule has 0 saturated heterocycles. The molecular formula is C21H22Cl2O3. The Balaban J connectivity index is 1.73. The normalized spacial score (nSPS) is 21.1. The van der Waals surface area contributed by atoms with Crippen molar-refractivity contribution in [3.8, 4) is 5.75 Å². The number of esters is 1. The number of hydrogen-bond donors (Lipinski definition) is 0. The first-order chi connectivity index (χ1) is 12.3. The van der Waals surface area contributed by atoms with Gasteiger partial charge in [-0.15, -0.1) is 23.2 Å². The van der Waals surface area contributed by atoms with Crippen LogP contribution in [0.25, 0.3) is 0 Å². The maximum absolute atomic E-state index is 12.0. The van der Waals surface area contributed by atoms with Crippen molar-refractivity contribution in [2.45, 2.75) is 42.5 Å². The molecule has 2 aromatic rings. The van der Waals surface area contributed by atoms with E-state index in [0.717, 1.165) is 11.1 Å². The zero-order chi connectivity index (χ0) is 18.9. The molecular weight excluding hydrogens is 371 g/mol. The maximum Gasteiger partial charge on any atom is 0.349 e. The molecule has 1 aliphatic carbocycles. The third-order valence-electron chi connectivity index (χ3n) is 4.59. The van der Waals surface area contributed by atoms with E-state index in [0.29, 0.717) is 12.4 Å². The lowest BCUT2D eigenvalue weighted by atomic mass is 10.0. The van der Waals surface area contributed by atoms with Crippen LogP contribution in [0.3, 0.4) is 0 Å². The van der Waals surface area contributed by atoms with Gasteiger partial charge in [0.05, 0.1) is 6.61 Å². The molecule has 0 aromatic heterocycles. The van der Waals surface area contributed by atoms with Gasteiger partial charge >= 0.3 is 5.97 Å². The van der Waals surface area contributed by atoms with E-state index >= 15 is 0 Å². The summed E-state index contributed by atoms with van der Waals surface area (Å²) in [7, 11) is 0. The molecule has 2 aromatic carbocycles. The SMILES string of the molecule is CCOC(=O)C(C)(C)Oc1ccc(C2C(c3ccccc3)C2(Cl)Cl)cc1. The Hall–Kier alpha value is -1.71. The highest BCUT2D eigenvalue weighted by atomic mass is 35.5. The summed E-state index contributed by atoms with van der Waals surface area (Å²) in [5.74, 6) is 0.296. The third-order valence-corrected chi connectivity index (χ3v) is 5.53. The Kier molecular flexibility index (Phi) is 5.23. The van der Waals surface area contributed by atoms with Crippen LogP contribution < -0.4 is 4.74 Å². The van der Waals surface area contributed by atoms with E-state index in [2.05, 4.69) is 0 Å². The van der Waals surface area contributed by atoms with E-state index in [1.54, 1.807) is 20.8 Å². The average molecular weight is 393 g/mol. The summed E-state index contributed by atoms with van der Waals surface area (Å²) in [6.07, 6.45) is 0. The highest BCUT2D eigenvalue weighted by Gasteiger charge is 2.64. The van der Waals surface area contributed by atoms with Crippen molar-refractivity contribution in [1.82, 2.24) is 0 Å². The second kappa shape index (κ2) is 7.13. The number of carbonyl (C=O) groups excluding carboxylic acids is 1. The highest BCUT2D eigenvalue weighted by Crippen LogP contribution is 2.70. The van der Waals surface area contributed by atoms with Crippen molar-refractivity contribution in [3.05, 3.63) is 65.7 Å². The summed E-state index contributed by atoms with van der Waals surface area (Å²) in [5.41, 5.74) is 1.13. The van der Waals surface area contributed by atoms with Crippen LogP contribution in [0.15, 0.2) is 54.6 Å². The minimum Gasteiger partial charge on any atom is -0.476 e. The van der Waals surface area contributed by atoms with E-state index in [1.165, 1.54) is 0 Å². The average Bonchev–Trinajstić information content (AvgIpc) is 3.18. The minimum absolute atomic E-state index is 0.0281. The van der Waals surface area contributed by atoms with E-state index in [9.17, 15) is 4.79 Å². The molecule has 0 bridgehead atoms. The monoisotopic (exact) mass is 392 g/mol. The van der Waals surface area contributed by atoms with Gasteiger partial charge in [-0.25, -0.2) is 4.79 Å². The van der Waals surface area contributed by atoms with Gasteiger partial charge in [0.15, 0.2) is 5.60 Å². The van der Waals surface area contributed by atoms with Crippen molar-refractivity contribution in [2.24, 2.45) is 0 Å². The van der Waals surface area contributed by atoms with Gasteiger partial charge in [0.1, 0.15) is 10.1 Å². The molecule has 1 saturated carbocycles. The number of halogens is 2. The number of rotatable bonds is 6. The summed E-state index contributed by atoms with van der Waals surface area (Å²) < 4.78 is 10.0. The molecule has 0 amide bonds. The lowest BCUT2D eigenvalue weighted by Gasteiger charge is -2.24. The molecule has 5 heteroatoms. The van der Waals surface area contributed by atoms with Crippen molar-refractivity contribution < 1.29 is 14.3 Å². The molecule has 3 nitrogen and oxygen atoms in total. The van der Waals surface area contributed by atoms with Gasteiger partial charge in [0.2, 0.25) is 0 Å². The first-order valence-electron chi connectivity index (χ1n) is 8.66. The van der Waals surface area contributed by atoms with Gasteiger partial charge in [-0.2, -0.15) is 0 Å². The van der Waals surface area contributed by atoms with Gasteiger partial charge < -0.3 is 9.47 Å². The smallest absolute Gasteiger partial charge is 0.349 e. The molecule has 0 radical (unpaired) electrons. The minimum atomic E-state index is -1.05. The van der Waals surface area contributed by atoms with Crippen LogP contribution in [0.1, 0.15) is 43.7 Å². The van der Waals surface area contributed by atoms with Crippen LogP contribution in [0, 0.1) is 0 Å². The van der Waals surface area contributed by atoms with Crippen molar-refractivity contribution in [2.75, 3.05) is 6.61 Å². The number of hydrogen-bond acceptors (Lipinski definition) is 3. The summed E-state index contributed by atoms with van der Waals surface area (Å²) in [6, 6.07) is 17.6. The molecule has 0 heterocycles. The van der Waals surface area contributed by atoms with E-state index in [-0.39, 0.29) is 11.8 Å². The van der Waals surface area contributed by atoms with Gasteiger partial charge in [-0.1, -0.05) is 42.5 Å². The first-order valence-corrected chi connectivity index (χ1v) is 9.42. The van der Waals surface area contributed by atoms with Crippen LogP contribution in [0.4, 0.5) is 0 Å². The molecule has 3 rings (SSSR count). The summed E-state index contributed by atoms with van der Waals surface area (Å²) in [4.78, 5) is 12.0. The molecule has 138 valence electrons. The lowest BCUT2D eigenvalue weighted by molar-refractivity contribution is -0.158. The van der Waals surface area contributed by atoms with Crippen molar-refractivity contribution >= 4 is 29.2 Å². The van der Waals surface area contributed by atoms with Crippen LogP contribution >= 0.6 is 23.2 Å².